The Morgan fingerprint density at radius 2 is 2.22 bits per heavy atom. The van der Waals surface area contributed by atoms with Crippen molar-refractivity contribution in [3.05, 3.63) is 11.6 Å². The van der Waals surface area contributed by atoms with Crippen molar-refractivity contribution in [2.45, 2.75) is 26.7 Å². The second-order valence-electron chi connectivity index (χ2n) is 2.00. The van der Waals surface area contributed by atoms with E-state index in [1.807, 2.05) is 13.0 Å². The lowest BCUT2D eigenvalue weighted by Crippen LogP contribution is -1.81. The monoisotopic (exact) mass is 144 g/mol. The highest BCUT2D eigenvalue weighted by Gasteiger charge is 1.88. The Morgan fingerprint density at radius 3 is 2.56 bits per heavy atom. The largest absolute Gasteiger partial charge is 0.287 e. The van der Waals surface area contributed by atoms with Crippen molar-refractivity contribution in [3.63, 3.8) is 0 Å². The van der Waals surface area contributed by atoms with E-state index >= 15 is 0 Å². The molecule has 0 aliphatic heterocycles. The van der Waals surface area contributed by atoms with Crippen LogP contribution in [-0.4, -0.2) is 5.12 Å². The third-order valence-corrected chi connectivity index (χ3v) is 1.37. The van der Waals surface area contributed by atoms with Crippen LogP contribution in [0.2, 0.25) is 0 Å². The van der Waals surface area contributed by atoms with Crippen LogP contribution in [0.5, 0.6) is 0 Å². The van der Waals surface area contributed by atoms with Crippen molar-refractivity contribution in [1.29, 1.82) is 0 Å². The fourth-order valence-electron chi connectivity index (χ4n) is 0.406. The van der Waals surface area contributed by atoms with Crippen LogP contribution in [0.3, 0.4) is 0 Å². The number of carbonyl (C=O) groups excluding carboxylic acids is 1. The standard InChI is InChI=1S/C7H12OS/c1-3-6(2)4-5-7(8)9/h4H,3,5H2,1-2H3,(H,8,9). The van der Waals surface area contributed by atoms with E-state index in [1.54, 1.807) is 0 Å². The zero-order chi connectivity index (χ0) is 7.28. The van der Waals surface area contributed by atoms with Gasteiger partial charge in [0.1, 0.15) is 0 Å². The molecule has 0 aromatic carbocycles. The second kappa shape index (κ2) is 4.62. The van der Waals surface area contributed by atoms with Gasteiger partial charge in [0.25, 0.3) is 0 Å². The summed E-state index contributed by atoms with van der Waals surface area (Å²) in [5, 5.41) is -0.0669. The molecule has 0 amide bonds. The summed E-state index contributed by atoms with van der Waals surface area (Å²) in [4.78, 5) is 10.3. The first-order chi connectivity index (χ1) is 4.16. The molecule has 0 radical (unpaired) electrons. The Bertz CT molecular complexity index is 127. The molecule has 2 heteroatoms. The summed E-state index contributed by atoms with van der Waals surface area (Å²) in [6.45, 7) is 4.07. The van der Waals surface area contributed by atoms with Crippen LogP contribution < -0.4 is 0 Å². The Hall–Kier alpha value is -0.240. The maximum Gasteiger partial charge on any atom is 0.189 e. The van der Waals surface area contributed by atoms with Gasteiger partial charge in [0.15, 0.2) is 5.12 Å². The summed E-state index contributed by atoms with van der Waals surface area (Å²) in [6.07, 6.45) is 3.39. The van der Waals surface area contributed by atoms with Gasteiger partial charge in [-0.2, -0.15) is 0 Å². The Labute approximate surface area is 61.6 Å². The van der Waals surface area contributed by atoms with Gasteiger partial charge in [0.05, 0.1) is 0 Å². The molecule has 0 unspecified atom stereocenters. The van der Waals surface area contributed by atoms with Crippen LogP contribution in [0, 0.1) is 0 Å². The van der Waals surface area contributed by atoms with Gasteiger partial charge in [0.2, 0.25) is 0 Å². The Balaban J connectivity index is 3.56. The van der Waals surface area contributed by atoms with Crippen molar-refractivity contribution in [1.82, 2.24) is 0 Å². The van der Waals surface area contributed by atoms with E-state index in [1.165, 1.54) is 5.57 Å². The van der Waals surface area contributed by atoms with E-state index in [2.05, 4.69) is 19.6 Å². The summed E-state index contributed by atoms with van der Waals surface area (Å²) in [6, 6.07) is 0. The molecule has 0 saturated heterocycles. The van der Waals surface area contributed by atoms with Crippen LogP contribution in [0.25, 0.3) is 0 Å². The van der Waals surface area contributed by atoms with E-state index in [0.717, 1.165) is 6.42 Å². The van der Waals surface area contributed by atoms with Crippen molar-refractivity contribution in [2.75, 3.05) is 0 Å². The molecule has 0 spiro atoms. The van der Waals surface area contributed by atoms with E-state index in [-0.39, 0.29) is 5.12 Å². The minimum Gasteiger partial charge on any atom is -0.287 e. The highest BCUT2D eigenvalue weighted by molar-refractivity contribution is 7.96. The van der Waals surface area contributed by atoms with Crippen molar-refractivity contribution in [3.8, 4) is 0 Å². The molecule has 0 aliphatic carbocycles. The Kier molecular flexibility index (Phi) is 4.50. The molecular weight excluding hydrogens is 132 g/mol. The van der Waals surface area contributed by atoms with Gasteiger partial charge in [-0.25, -0.2) is 0 Å². The van der Waals surface area contributed by atoms with Gasteiger partial charge >= 0.3 is 0 Å². The van der Waals surface area contributed by atoms with Crippen molar-refractivity contribution >= 4 is 17.7 Å². The number of hydrogen-bond acceptors (Lipinski definition) is 1. The first kappa shape index (κ1) is 8.76. The molecule has 0 saturated carbocycles. The predicted octanol–water partition coefficient (Wildman–Crippen LogP) is 2.19. The van der Waals surface area contributed by atoms with E-state index in [0.29, 0.717) is 6.42 Å². The highest BCUT2D eigenvalue weighted by Crippen LogP contribution is 2.00. The summed E-state index contributed by atoms with van der Waals surface area (Å²) < 4.78 is 0. The topological polar surface area (TPSA) is 17.1 Å². The first-order valence-corrected chi connectivity index (χ1v) is 3.49. The maximum absolute atomic E-state index is 10.3. The smallest absolute Gasteiger partial charge is 0.189 e. The molecule has 0 fully saturated rings. The maximum atomic E-state index is 10.3. The Morgan fingerprint density at radius 1 is 1.67 bits per heavy atom. The number of hydrogen-bond donors (Lipinski definition) is 1. The van der Waals surface area contributed by atoms with Crippen LogP contribution in [0.1, 0.15) is 26.7 Å². The van der Waals surface area contributed by atoms with E-state index < -0.39 is 0 Å². The summed E-state index contributed by atoms with van der Waals surface area (Å²) >= 11 is 3.63. The van der Waals surface area contributed by atoms with Crippen molar-refractivity contribution in [2.24, 2.45) is 0 Å². The number of rotatable bonds is 3. The van der Waals surface area contributed by atoms with Crippen LogP contribution >= 0.6 is 12.6 Å². The van der Waals surface area contributed by atoms with Gasteiger partial charge in [-0.3, -0.25) is 4.79 Å². The van der Waals surface area contributed by atoms with Crippen LogP contribution in [-0.2, 0) is 4.79 Å². The van der Waals surface area contributed by atoms with Crippen LogP contribution in [0.4, 0.5) is 0 Å². The number of thiol groups is 1. The molecule has 0 bridgehead atoms. The van der Waals surface area contributed by atoms with Gasteiger partial charge < -0.3 is 0 Å². The zero-order valence-electron chi connectivity index (χ0n) is 5.85. The fraction of sp³-hybridized carbons (Fsp3) is 0.571. The van der Waals surface area contributed by atoms with Crippen LogP contribution in [0.15, 0.2) is 11.6 Å². The second-order valence-corrected chi connectivity index (χ2v) is 2.50. The first-order valence-electron chi connectivity index (χ1n) is 3.04. The van der Waals surface area contributed by atoms with E-state index in [4.69, 9.17) is 0 Å². The lowest BCUT2D eigenvalue weighted by atomic mass is 10.2. The SMILES string of the molecule is CCC(C)=CCC(=O)S. The van der Waals surface area contributed by atoms with Gasteiger partial charge in [-0.15, -0.1) is 12.6 Å². The molecule has 0 N–H and O–H groups in total. The molecule has 0 atom stereocenters. The quantitative estimate of drug-likeness (QED) is 0.474. The third kappa shape index (κ3) is 5.63. The predicted molar refractivity (Wildman–Crippen MR) is 42.7 cm³/mol. The molecule has 0 aromatic rings. The summed E-state index contributed by atoms with van der Waals surface area (Å²) in [5.74, 6) is 0. The third-order valence-electron chi connectivity index (χ3n) is 1.18. The molecule has 0 heterocycles. The normalized spacial score (nSPS) is 11.7. The molecule has 0 aromatic heterocycles. The fourth-order valence-corrected chi connectivity index (χ4v) is 0.497. The minimum atomic E-state index is -0.0669. The zero-order valence-corrected chi connectivity index (χ0v) is 6.74. The average Bonchev–Trinajstić information content (AvgIpc) is 1.83. The number of allylic oxidation sites excluding steroid dienone is 2. The molecule has 52 valence electrons. The lowest BCUT2D eigenvalue weighted by molar-refractivity contribution is -0.110. The molecule has 1 nitrogen and oxygen atoms in total. The van der Waals surface area contributed by atoms with Gasteiger partial charge in [-0.05, 0) is 13.3 Å². The van der Waals surface area contributed by atoms with Gasteiger partial charge in [-0.1, -0.05) is 18.6 Å². The molecular formula is C7H12OS. The lowest BCUT2D eigenvalue weighted by Gasteiger charge is -1.90. The molecule has 0 aliphatic rings. The average molecular weight is 144 g/mol. The number of carbonyl (C=O) groups is 1. The van der Waals surface area contributed by atoms with Gasteiger partial charge in [0, 0.05) is 6.42 Å². The highest BCUT2D eigenvalue weighted by atomic mass is 32.1. The van der Waals surface area contributed by atoms with Crippen molar-refractivity contribution < 1.29 is 4.79 Å². The summed E-state index contributed by atoms with van der Waals surface area (Å²) in [5.41, 5.74) is 1.25. The minimum absolute atomic E-state index is 0.0669. The molecule has 9 heavy (non-hydrogen) atoms. The summed E-state index contributed by atoms with van der Waals surface area (Å²) in [7, 11) is 0. The van der Waals surface area contributed by atoms with E-state index in [9.17, 15) is 4.79 Å². The molecule has 0 rings (SSSR count).